The van der Waals surface area contributed by atoms with Gasteiger partial charge in [-0.2, -0.15) is 0 Å². The lowest BCUT2D eigenvalue weighted by atomic mass is 10.0. The molecular formula is C20H23ClN6O. The fraction of sp³-hybridized carbons (Fsp3) is 0.450. The first kappa shape index (κ1) is 17.7. The van der Waals surface area contributed by atoms with Gasteiger partial charge in [-0.25, -0.2) is 0 Å². The van der Waals surface area contributed by atoms with Gasteiger partial charge in [0.15, 0.2) is 5.82 Å². The number of likely N-dealkylation sites (tertiary alicyclic amines) is 1. The molecule has 0 unspecified atom stereocenters. The number of nitrogens with zero attached hydrogens (tertiary/aromatic N) is 5. The van der Waals surface area contributed by atoms with Gasteiger partial charge in [-0.05, 0) is 44.5 Å². The Morgan fingerprint density at radius 3 is 2.96 bits per heavy atom. The standard InChI is InChI=1S/C20H23ClN6O/c1-25-8-9-27-18(12-25)23-24-19(27)17-4-2-3-7-26(17)20(28)16-10-13-5-6-14(21)11-15(13)22-16/h5-6,10-11,17,22H,2-4,7-9,12H2,1H3/t17-/m0/s1. The lowest BCUT2D eigenvalue weighted by Gasteiger charge is -2.35. The number of likely N-dealkylation sites (N-methyl/N-ethyl adjacent to an activating group) is 1. The average Bonchev–Trinajstić information content (AvgIpc) is 3.30. The molecule has 0 spiro atoms. The SMILES string of the molecule is CN1CCn2c(nnc2[C@@H]2CCCCN2C(=O)c2cc3ccc(Cl)cc3[nH]2)C1. The number of aromatic amines is 1. The van der Waals surface area contributed by atoms with Crippen LogP contribution in [0.15, 0.2) is 24.3 Å². The molecule has 0 bridgehead atoms. The highest BCUT2D eigenvalue weighted by molar-refractivity contribution is 6.31. The van der Waals surface area contributed by atoms with Crippen molar-refractivity contribution in [2.45, 2.75) is 38.4 Å². The van der Waals surface area contributed by atoms with Gasteiger partial charge in [-0.15, -0.1) is 10.2 Å². The highest BCUT2D eigenvalue weighted by atomic mass is 35.5. The predicted octanol–water partition coefficient (Wildman–Crippen LogP) is 3.23. The van der Waals surface area contributed by atoms with Crippen LogP contribution in [-0.2, 0) is 13.1 Å². The number of carbonyl (C=O) groups excluding carboxylic acids is 1. The molecule has 1 fully saturated rings. The molecule has 28 heavy (non-hydrogen) atoms. The molecule has 2 aromatic heterocycles. The van der Waals surface area contributed by atoms with E-state index in [2.05, 4.69) is 31.7 Å². The van der Waals surface area contributed by atoms with Crippen LogP contribution in [0.2, 0.25) is 5.02 Å². The summed E-state index contributed by atoms with van der Waals surface area (Å²) in [5.74, 6) is 1.93. The maximum Gasteiger partial charge on any atom is 0.270 e. The Morgan fingerprint density at radius 1 is 1.18 bits per heavy atom. The van der Waals surface area contributed by atoms with Crippen molar-refractivity contribution >= 4 is 28.4 Å². The van der Waals surface area contributed by atoms with E-state index in [-0.39, 0.29) is 11.9 Å². The van der Waals surface area contributed by atoms with Crippen molar-refractivity contribution < 1.29 is 4.79 Å². The summed E-state index contributed by atoms with van der Waals surface area (Å²) in [6.45, 7) is 3.39. The van der Waals surface area contributed by atoms with Crippen LogP contribution >= 0.6 is 11.6 Å². The molecule has 0 aliphatic carbocycles. The van der Waals surface area contributed by atoms with Crippen LogP contribution in [-0.4, -0.2) is 55.6 Å². The number of carbonyl (C=O) groups is 1. The third-order valence-electron chi connectivity index (χ3n) is 5.85. The molecule has 1 atom stereocenters. The van der Waals surface area contributed by atoms with Crippen molar-refractivity contribution in [2.24, 2.45) is 0 Å². The Balaban J connectivity index is 1.48. The highest BCUT2D eigenvalue weighted by Crippen LogP contribution is 2.33. The lowest BCUT2D eigenvalue weighted by Crippen LogP contribution is -2.41. The van der Waals surface area contributed by atoms with E-state index in [0.29, 0.717) is 10.7 Å². The average molecular weight is 399 g/mol. The van der Waals surface area contributed by atoms with Crippen LogP contribution < -0.4 is 0 Å². The number of hydrogen-bond donors (Lipinski definition) is 1. The molecule has 146 valence electrons. The summed E-state index contributed by atoms with van der Waals surface area (Å²) >= 11 is 6.09. The highest BCUT2D eigenvalue weighted by Gasteiger charge is 2.34. The molecule has 4 heterocycles. The zero-order valence-corrected chi connectivity index (χ0v) is 16.6. The second-order valence-corrected chi connectivity index (χ2v) is 8.22. The lowest BCUT2D eigenvalue weighted by molar-refractivity contribution is 0.0586. The first-order chi connectivity index (χ1) is 13.6. The van der Waals surface area contributed by atoms with Crippen LogP contribution in [0.1, 0.15) is 47.4 Å². The van der Waals surface area contributed by atoms with Crippen LogP contribution in [0.3, 0.4) is 0 Å². The zero-order valence-electron chi connectivity index (χ0n) is 15.9. The molecule has 0 radical (unpaired) electrons. The molecule has 8 heteroatoms. The van der Waals surface area contributed by atoms with E-state index in [0.717, 1.165) is 68.0 Å². The second kappa shape index (κ2) is 6.90. The molecule has 1 N–H and O–H groups in total. The van der Waals surface area contributed by atoms with Gasteiger partial charge in [-0.3, -0.25) is 9.69 Å². The minimum absolute atomic E-state index is 0.0160. The van der Waals surface area contributed by atoms with Crippen molar-refractivity contribution in [1.82, 2.24) is 29.5 Å². The fourth-order valence-corrected chi connectivity index (χ4v) is 4.53. The number of nitrogens with one attached hydrogen (secondary N) is 1. The summed E-state index contributed by atoms with van der Waals surface area (Å²) in [6.07, 6.45) is 3.03. The van der Waals surface area contributed by atoms with E-state index in [1.165, 1.54) is 0 Å². The molecule has 0 saturated carbocycles. The number of amides is 1. The maximum absolute atomic E-state index is 13.4. The molecule has 1 aromatic carbocycles. The van der Waals surface area contributed by atoms with Gasteiger partial charge in [0.05, 0.1) is 12.6 Å². The Bertz CT molecular complexity index is 1040. The fourth-order valence-electron chi connectivity index (χ4n) is 4.36. The second-order valence-electron chi connectivity index (χ2n) is 7.79. The molecule has 5 rings (SSSR count). The zero-order chi connectivity index (χ0) is 19.3. The molecule has 2 aliphatic heterocycles. The number of aromatic nitrogens is 4. The number of rotatable bonds is 2. The maximum atomic E-state index is 13.4. The van der Waals surface area contributed by atoms with Crippen LogP contribution in [0, 0.1) is 0 Å². The summed E-state index contributed by atoms with van der Waals surface area (Å²) in [7, 11) is 2.09. The third kappa shape index (κ3) is 2.99. The molecule has 7 nitrogen and oxygen atoms in total. The first-order valence-electron chi connectivity index (χ1n) is 9.80. The van der Waals surface area contributed by atoms with Crippen molar-refractivity contribution in [3.05, 3.63) is 46.6 Å². The topological polar surface area (TPSA) is 70.1 Å². The van der Waals surface area contributed by atoms with E-state index in [1.807, 2.05) is 29.2 Å². The van der Waals surface area contributed by atoms with Gasteiger partial charge in [0.2, 0.25) is 0 Å². The van der Waals surface area contributed by atoms with Gasteiger partial charge in [0.1, 0.15) is 11.5 Å². The van der Waals surface area contributed by atoms with Gasteiger partial charge in [0.25, 0.3) is 5.91 Å². The predicted molar refractivity (Wildman–Crippen MR) is 107 cm³/mol. The summed E-state index contributed by atoms with van der Waals surface area (Å²) in [6, 6.07) is 7.51. The minimum Gasteiger partial charge on any atom is -0.350 e. The van der Waals surface area contributed by atoms with Crippen molar-refractivity contribution in [2.75, 3.05) is 20.1 Å². The number of piperidine rings is 1. The van der Waals surface area contributed by atoms with Crippen molar-refractivity contribution in [1.29, 1.82) is 0 Å². The van der Waals surface area contributed by atoms with Gasteiger partial charge in [0, 0.05) is 35.6 Å². The van der Waals surface area contributed by atoms with Gasteiger partial charge in [-0.1, -0.05) is 17.7 Å². The van der Waals surface area contributed by atoms with E-state index in [1.54, 1.807) is 0 Å². The first-order valence-corrected chi connectivity index (χ1v) is 10.2. The monoisotopic (exact) mass is 398 g/mol. The Kier molecular flexibility index (Phi) is 4.36. The number of H-pyrrole nitrogens is 1. The van der Waals surface area contributed by atoms with E-state index in [9.17, 15) is 4.79 Å². The van der Waals surface area contributed by atoms with Gasteiger partial charge >= 0.3 is 0 Å². The van der Waals surface area contributed by atoms with Crippen LogP contribution in [0.5, 0.6) is 0 Å². The molecule has 1 amide bonds. The molecule has 3 aromatic rings. The van der Waals surface area contributed by atoms with E-state index < -0.39 is 0 Å². The number of fused-ring (bicyclic) bond motifs is 2. The minimum atomic E-state index is -0.0269. The van der Waals surface area contributed by atoms with Crippen LogP contribution in [0.25, 0.3) is 10.9 Å². The molecular weight excluding hydrogens is 376 g/mol. The molecule has 2 aliphatic rings. The quantitative estimate of drug-likeness (QED) is 0.719. The molecule has 1 saturated heterocycles. The van der Waals surface area contributed by atoms with Gasteiger partial charge < -0.3 is 14.5 Å². The van der Waals surface area contributed by atoms with Crippen molar-refractivity contribution in [3.63, 3.8) is 0 Å². The number of hydrogen-bond acceptors (Lipinski definition) is 4. The van der Waals surface area contributed by atoms with E-state index in [4.69, 9.17) is 11.6 Å². The Hall–Kier alpha value is -2.38. The third-order valence-corrected chi connectivity index (χ3v) is 6.08. The van der Waals surface area contributed by atoms with Crippen LogP contribution in [0.4, 0.5) is 0 Å². The summed E-state index contributed by atoms with van der Waals surface area (Å²) < 4.78 is 2.21. The smallest absolute Gasteiger partial charge is 0.270 e. The Labute approximate surface area is 168 Å². The number of benzene rings is 1. The number of halogens is 1. The summed E-state index contributed by atoms with van der Waals surface area (Å²) in [5, 5.41) is 10.6. The summed E-state index contributed by atoms with van der Waals surface area (Å²) in [4.78, 5) is 20.8. The largest absolute Gasteiger partial charge is 0.350 e. The normalized spacial score (nSPS) is 20.5. The summed E-state index contributed by atoms with van der Waals surface area (Å²) in [5.41, 5.74) is 1.48. The Morgan fingerprint density at radius 2 is 2.07 bits per heavy atom. The van der Waals surface area contributed by atoms with Crippen molar-refractivity contribution in [3.8, 4) is 0 Å². The van der Waals surface area contributed by atoms with E-state index >= 15 is 0 Å².